The topological polar surface area (TPSA) is 64.6 Å². The molecule has 0 radical (unpaired) electrons. The molecule has 1 aromatic carbocycles. The molecule has 1 N–H and O–H groups in total. The highest BCUT2D eigenvalue weighted by Crippen LogP contribution is 2.40. The van der Waals surface area contributed by atoms with E-state index in [4.69, 9.17) is 27.9 Å². The van der Waals surface area contributed by atoms with Crippen LogP contribution < -0.4 is 10.1 Å². The summed E-state index contributed by atoms with van der Waals surface area (Å²) in [6.45, 7) is 1.96. The van der Waals surface area contributed by atoms with Crippen molar-refractivity contribution in [3.63, 3.8) is 0 Å². The van der Waals surface area contributed by atoms with Gasteiger partial charge < -0.3 is 14.8 Å². The standard InChI is InChI=1S/C16H19Cl2NO4/c1-16(8-4-3-5-9-16)14(20)19-10-6-7-11(13(18)12(10)17)23-15(21)22-2/h6-7H,3-5,8-9H2,1-2H3,(H,19,20). The summed E-state index contributed by atoms with van der Waals surface area (Å²) in [6, 6.07) is 3.01. The molecular weight excluding hydrogens is 341 g/mol. The van der Waals surface area contributed by atoms with E-state index in [1.165, 1.54) is 13.2 Å². The minimum Gasteiger partial charge on any atom is -0.437 e. The summed E-state index contributed by atoms with van der Waals surface area (Å²) in [4.78, 5) is 23.7. The molecule has 0 spiro atoms. The van der Waals surface area contributed by atoms with Gasteiger partial charge in [0.05, 0.1) is 17.8 Å². The number of ether oxygens (including phenoxy) is 2. The van der Waals surface area contributed by atoms with E-state index in [1.807, 2.05) is 6.92 Å². The molecular formula is C16H19Cl2NO4. The maximum absolute atomic E-state index is 12.5. The summed E-state index contributed by atoms with van der Waals surface area (Å²) >= 11 is 12.3. The van der Waals surface area contributed by atoms with Gasteiger partial charge in [-0.2, -0.15) is 0 Å². The smallest absolute Gasteiger partial charge is 0.437 e. The lowest BCUT2D eigenvalue weighted by atomic mass is 9.75. The number of anilines is 1. The number of carbonyl (C=O) groups excluding carboxylic acids is 2. The zero-order valence-electron chi connectivity index (χ0n) is 13.1. The maximum atomic E-state index is 12.5. The third-order valence-corrected chi connectivity index (χ3v) is 5.02. The van der Waals surface area contributed by atoms with Crippen LogP contribution in [0.15, 0.2) is 12.1 Å². The lowest BCUT2D eigenvalue weighted by Gasteiger charge is -2.32. The average Bonchev–Trinajstić information content (AvgIpc) is 2.54. The summed E-state index contributed by atoms with van der Waals surface area (Å²) < 4.78 is 9.28. The van der Waals surface area contributed by atoms with E-state index < -0.39 is 11.6 Å². The summed E-state index contributed by atoms with van der Waals surface area (Å²) in [5.41, 5.74) is 0.000541. The molecule has 0 aliphatic heterocycles. The first-order valence-electron chi connectivity index (χ1n) is 7.42. The molecule has 1 aliphatic carbocycles. The summed E-state index contributed by atoms with van der Waals surface area (Å²) in [6.07, 6.45) is 4.07. The monoisotopic (exact) mass is 359 g/mol. The van der Waals surface area contributed by atoms with Crippen LogP contribution in [0.3, 0.4) is 0 Å². The Labute approximate surface area is 145 Å². The fourth-order valence-corrected chi connectivity index (χ4v) is 3.08. The first-order valence-corrected chi connectivity index (χ1v) is 8.18. The largest absolute Gasteiger partial charge is 0.513 e. The normalized spacial score (nSPS) is 16.5. The Kier molecular flexibility index (Phi) is 5.76. The molecule has 0 atom stereocenters. The lowest BCUT2D eigenvalue weighted by molar-refractivity contribution is -0.126. The van der Waals surface area contributed by atoms with Crippen molar-refractivity contribution in [2.75, 3.05) is 12.4 Å². The van der Waals surface area contributed by atoms with Crippen molar-refractivity contribution in [3.8, 4) is 5.75 Å². The number of amides is 1. The van der Waals surface area contributed by atoms with E-state index in [0.717, 1.165) is 32.1 Å². The van der Waals surface area contributed by atoms with Gasteiger partial charge in [-0.05, 0) is 25.0 Å². The molecule has 23 heavy (non-hydrogen) atoms. The molecule has 2 rings (SSSR count). The fourth-order valence-electron chi connectivity index (χ4n) is 2.67. The van der Waals surface area contributed by atoms with Gasteiger partial charge in [-0.15, -0.1) is 0 Å². The Bertz CT molecular complexity index is 612. The number of carbonyl (C=O) groups is 2. The number of halogens is 2. The number of nitrogens with one attached hydrogen (secondary N) is 1. The summed E-state index contributed by atoms with van der Waals surface area (Å²) in [5, 5.41) is 3.00. The van der Waals surface area contributed by atoms with Gasteiger partial charge in [0.1, 0.15) is 5.02 Å². The van der Waals surface area contributed by atoms with E-state index in [9.17, 15) is 9.59 Å². The molecule has 0 heterocycles. The Hall–Kier alpha value is -1.46. The number of hydrogen-bond donors (Lipinski definition) is 1. The third kappa shape index (κ3) is 4.09. The Morgan fingerprint density at radius 1 is 1.13 bits per heavy atom. The molecule has 5 nitrogen and oxygen atoms in total. The Morgan fingerprint density at radius 2 is 1.78 bits per heavy atom. The van der Waals surface area contributed by atoms with E-state index in [1.54, 1.807) is 6.07 Å². The second kappa shape index (κ2) is 7.41. The molecule has 1 saturated carbocycles. The SMILES string of the molecule is COC(=O)Oc1ccc(NC(=O)C2(C)CCCCC2)c(Cl)c1Cl. The molecule has 1 fully saturated rings. The first-order chi connectivity index (χ1) is 10.9. The molecule has 1 aromatic rings. The zero-order valence-corrected chi connectivity index (χ0v) is 14.6. The second-order valence-electron chi connectivity index (χ2n) is 5.87. The van der Waals surface area contributed by atoms with Crippen molar-refractivity contribution >= 4 is 41.0 Å². The number of hydrogen-bond acceptors (Lipinski definition) is 4. The average molecular weight is 360 g/mol. The van der Waals surface area contributed by atoms with Gasteiger partial charge in [-0.25, -0.2) is 4.79 Å². The molecule has 0 unspecified atom stereocenters. The van der Waals surface area contributed by atoms with Crippen LogP contribution in [0, 0.1) is 5.41 Å². The number of benzene rings is 1. The minimum atomic E-state index is -0.894. The van der Waals surface area contributed by atoms with Crippen LogP contribution >= 0.6 is 23.2 Å². The quantitative estimate of drug-likeness (QED) is 0.605. The lowest BCUT2D eigenvalue weighted by Crippen LogP contribution is -2.35. The van der Waals surface area contributed by atoms with Crippen LogP contribution in [-0.4, -0.2) is 19.2 Å². The highest BCUT2D eigenvalue weighted by atomic mass is 35.5. The first kappa shape index (κ1) is 17.9. The van der Waals surface area contributed by atoms with E-state index in [0.29, 0.717) is 5.69 Å². The molecule has 7 heteroatoms. The van der Waals surface area contributed by atoms with E-state index >= 15 is 0 Å². The molecule has 0 aromatic heterocycles. The van der Waals surface area contributed by atoms with E-state index in [-0.39, 0.29) is 21.7 Å². The molecule has 0 bridgehead atoms. The van der Waals surface area contributed by atoms with Crippen molar-refractivity contribution in [2.24, 2.45) is 5.41 Å². The second-order valence-corrected chi connectivity index (χ2v) is 6.63. The molecule has 1 aliphatic rings. The summed E-state index contributed by atoms with van der Waals surface area (Å²) in [5.74, 6) is 0.00203. The minimum absolute atomic E-state index is 0.0451. The van der Waals surface area contributed by atoms with Crippen LogP contribution in [0.2, 0.25) is 10.0 Å². The van der Waals surface area contributed by atoms with Gasteiger partial charge in [0, 0.05) is 5.41 Å². The van der Waals surface area contributed by atoms with Crippen LogP contribution in [0.25, 0.3) is 0 Å². The maximum Gasteiger partial charge on any atom is 0.513 e. The molecule has 0 saturated heterocycles. The van der Waals surface area contributed by atoms with Crippen LogP contribution in [0.5, 0.6) is 5.75 Å². The van der Waals surface area contributed by atoms with Gasteiger partial charge in [-0.1, -0.05) is 49.4 Å². The van der Waals surface area contributed by atoms with Gasteiger partial charge in [0.15, 0.2) is 5.75 Å². The predicted molar refractivity (Wildman–Crippen MR) is 89.3 cm³/mol. The zero-order chi connectivity index (χ0) is 17.0. The highest BCUT2D eigenvalue weighted by Gasteiger charge is 2.34. The third-order valence-electron chi connectivity index (χ3n) is 4.16. The van der Waals surface area contributed by atoms with Crippen molar-refractivity contribution < 1.29 is 19.1 Å². The Balaban J connectivity index is 2.16. The van der Waals surface area contributed by atoms with Crippen molar-refractivity contribution in [3.05, 3.63) is 22.2 Å². The van der Waals surface area contributed by atoms with Gasteiger partial charge in [0.2, 0.25) is 5.91 Å². The Morgan fingerprint density at radius 3 is 2.39 bits per heavy atom. The van der Waals surface area contributed by atoms with Crippen molar-refractivity contribution in [1.29, 1.82) is 0 Å². The number of methoxy groups -OCH3 is 1. The van der Waals surface area contributed by atoms with Gasteiger partial charge in [0.25, 0.3) is 0 Å². The molecule has 1 amide bonds. The van der Waals surface area contributed by atoms with Gasteiger partial charge in [-0.3, -0.25) is 4.79 Å². The number of rotatable bonds is 3. The van der Waals surface area contributed by atoms with Crippen LogP contribution in [0.1, 0.15) is 39.0 Å². The van der Waals surface area contributed by atoms with Crippen molar-refractivity contribution in [1.82, 2.24) is 0 Å². The predicted octanol–water partition coefficient (Wildman–Crippen LogP) is 5.05. The summed E-state index contributed by atoms with van der Waals surface area (Å²) in [7, 11) is 1.19. The molecule has 126 valence electrons. The van der Waals surface area contributed by atoms with E-state index in [2.05, 4.69) is 10.1 Å². The highest BCUT2D eigenvalue weighted by molar-refractivity contribution is 6.45. The van der Waals surface area contributed by atoms with Crippen molar-refractivity contribution in [2.45, 2.75) is 39.0 Å². The fraction of sp³-hybridized carbons (Fsp3) is 0.500. The van der Waals surface area contributed by atoms with Crippen LogP contribution in [0.4, 0.5) is 10.5 Å². The van der Waals surface area contributed by atoms with Gasteiger partial charge >= 0.3 is 6.16 Å². The van der Waals surface area contributed by atoms with Crippen LogP contribution in [-0.2, 0) is 9.53 Å².